The van der Waals surface area contributed by atoms with Crippen LogP contribution in [-0.2, 0) is 0 Å². The maximum atomic E-state index is 3.79. The monoisotopic (exact) mass is 801 g/mol. The number of allylic oxidation sites excluding steroid dienone is 9. The van der Waals surface area contributed by atoms with Gasteiger partial charge in [0.25, 0.3) is 0 Å². The Bertz CT molecular complexity index is 666. The van der Waals surface area contributed by atoms with Gasteiger partial charge in [-0.1, -0.05) is 253 Å². The van der Waals surface area contributed by atoms with E-state index in [9.17, 15) is 0 Å². The van der Waals surface area contributed by atoms with Crippen LogP contribution >= 0.6 is 0 Å². The lowest BCUT2D eigenvalue weighted by Crippen LogP contribution is -1.95. The van der Waals surface area contributed by atoms with Gasteiger partial charge in [-0.15, -0.1) is 19.7 Å². The largest absolute Gasteiger partial charge is 0.106 e. The van der Waals surface area contributed by atoms with E-state index in [1.54, 1.807) is 0 Å². The molecule has 0 N–H and O–H groups in total. The Morgan fingerprint density at radius 2 is 0.632 bits per heavy atom. The van der Waals surface area contributed by atoms with E-state index in [0.717, 1.165) is 24.7 Å². The summed E-state index contributed by atoms with van der Waals surface area (Å²) in [4.78, 5) is 0. The standard InChI is InChI=1S/C38H70.C7H14.C4H10.3C2H6.C2H4/c1-4-6-8-10-12-14-16-18-20-22-24-26-28-30-32-34-36-38(3)37-35-33-31-29-27-25-23-21-19-17-15-13-11-9-7-5-2;1-4-5-6-7(2)3;1-4(2)3;4*1-2/h12-15,18-21,38H,4-11,16-17,22-37H2,1-3H3;2,4-6H2,1,3H3;4H,1-3H3;3*1-2H3;1-2H2/b14-12-,15-13-,20-18-,21-19-;;;;;;. The van der Waals surface area contributed by atoms with Crippen LogP contribution in [0.3, 0.4) is 0 Å². The van der Waals surface area contributed by atoms with E-state index >= 15 is 0 Å². The molecule has 0 aliphatic heterocycles. The second-order valence-corrected chi connectivity index (χ2v) is 15.6. The highest BCUT2D eigenvalue weighted by molar-refractivity contribution is 4.93. The summed E-state index contributed by atoms with van der Waals surface area (Å²) in [5, 5.41) is 0. The number of rotatable bonds is 33. The molecule has 0 nitrogen and oxygen atoms in total. The van der Waals surface area contributed by atoms with Crippen LogP contribution in [0.4, 0.5) is 0 Å². The Labute approximate surface area is 367 Å². The van der Waals surface area contributed by atoms with Gasteiger partial charge >= 0.3 is 0 Å². The van der Waals surface area contributed by atoms with Crippen LogP contribution in [0.2, 0.25) is 0 Å². The molecule has 0 atom stereocenters. The first-order valence-electron chi connectivity index (χ1n) is 25.6. The van der Waals surface area contributed by atoms with Crippen LogP contribution in [0, 0.1) is 11.8 Å². The zero-order valence-corrected chi connectivity index (χ0v) is 42.9. The highest BCUT2D eigenvalue weighted by Gasteiger charge is 2.02. The number of hydrogen-bond donors (Lipinski definition) is 0. The fraction of sp³-hybridized carbons (Fsp3) is 0.789. The average Bonchev–Trinajstić information content (AvgIpc) is 3.22. The molecule has 0 unspecified atom stereocenters. The molecule has 0 aliphatic rings. The summed E-state index contributed by atoms with van der Waals surface area (Å²) in [7, 11) is 0. The lowest BCUT2D eigenvalue weighted by Gasteiger charge is -2.11. The smallest absolute Gasteiger partial charge is 0.0169 e. The van der Waals surface area contributed by atoms with Gasteiger partial charge in [0, 0.05) is 0 Å². The molecule has 0 saturated carbocycles. The minimum Gasteiger partial charge on any atom is -0.106 e. The minimum atomic E-state index is 0.833. The summed E-state index contributed by atoms with van der Waals surface area (Å²) >= 11 is 0. The molecule has 0 heteroatoms. The molecule has 0 rings (SSSR count). The van der Waals surface area contributed by atoms with Crippen LogP contribution in [-0.4, -0.2) is 0 Å². The first kappa shape index (κ1) is 70.0. The van der Waals surface area contributed by atoms with E-state index in [1.165, 1.54) is 179 Å². The van der Waals surface area contributed by atoms with Crippen LogP contribution in [0.25, 0.3) is 0 Å². The van der Waals surface area contributed by atoms with Crippen molar-refractivity contribution in [3.63, 3.8) is 0 Å². The Hall–Kier alpha value is -1.56. The van der Waals surface area contributed by atoms with Crippen molar-refractivity contribution < 1.29 is 0 Å². The summed E-state index contributed by atoms with van der Waals surface area (Å²) in [6.07, 6.45) is 58.2. The molecule has 344 valence electrons. The van der Waals surface area contributed by atoms with E-state index in [1.807, 2.05) is 41.5 Å². The van der Waals surface area contributed by atoms with E-state index in [0.29, 0.717) is 0 Å². The fourth-order valence-corrected chi connectivity index (χ4v) is 5.58. The van der Waals surface area contributed by atoms with Crippen molar-refractivity contribution in [2.24, 2.45) is 11.8 Å². The number of hydrogen-bond acceptors (Lipinski definition) is 0. The Morgan fingerprint density at radius 1 is 0.386 bits per heavy atom. The molecule has 0 aromatic rings. The molecule has 57 heavy (non-hydrogen) atoms. The van der Waals surface area contributed by atoms with Crippen molar-refractivity contribution in [3.8, 4) is 0 Å². The predicted molar refractivity (Wildman–Crippen MR) is 277 cm³/mol. The van der Waals surface area contributed by atoms with Gasteiger partial charge in [0.05, 0.1) is 0 Å². The molecule has 0 bridgehead atoms. The molecule has 0 aromatic carbocycles. The molecule has 0 amide bonds. The quantitative estimate of drug-likeness (QED) is 0.0458. The van der Waals surface area contributed by atoms with Crippen LogP contribution < -0.4 is 0 Å². The summed E-state index contributed by atoms with van der Waals surface area (Å²) in [5.74, 6) is 1.77. The van der Waals surface area contributed by atoms with Gasteiger partial charge in [0.2, 0.25) is 0 Å². The van der Waals surface area contributed by atoms with Gasteiger partial charge in [-0.2, -0.15) is 0 Å². The van der Waals surface area contributed by atoms with E-state index < -0.39 is 0 Å². The third-order valence-electron chi connectivity index (χ3n) is 8.75. The second kappa shape index (κ2) is 78.7. The van der Waals surface area contributed by atoms with Gasteiger partial charge < -0.3 is 0 Å². The fourth-order valence-electron chi connectivity index (χ4n) is 5.58. The lowest BCUT2D eigenvalue weighted by atomic mass is 9.96. The maximum absolute atomic E-state index is 3.79. The minimum absolute atomic E-state index is 0.833. The Morgan fingerprint density at radius 3 is 0.877 bits per heavy atom. The highest BCUT2D eigenvalue weighted by Crippen LogP contribution is 2.19. The molecule has 0 saturated heterocycles. The second-order valence-electron chi connectivity index (χ2n) is 15.6. The summed E-state index contributed by atoms with van der Waals surface area (Å²) in [6.45, 7) is 39.6. The highest BCUT2D eigenvalue weighted by atomic mass is 14.1. The zero-order valence-electron chi connectivity index (χ0n) is 42.9. The Kier molecular flexibility index (Phi) is 96.7. The van der Waals surface area contributed by atoms with Crippen LogP contribution in [0.15, 0.2) is 73.9 Å². The van der Waals surface area contributed by atoms with Gasteiger partial charge in [0.15, 0.2) is 0 Å². The van der Waals surface area contributed by atoms with Crippen molar-refractivity contribution in [2.45, 2.75) is 283 Å². The zero-order chi connectivity index (χ0) is 44.9. The van der Waals surface area contributed by atoms with Crippen molar-refractivity contribution in [2.75, 3.05) is 0 Å². The molecule has 0 heterocycles. The van der Waals surface area contributed by atoms with E-state index in [-0.39, 0.29) is 0 Å². The van der Waals surface area contributed by atoms with Crippen molar-refractivity contribution in [1.82, 2.24) is 0 Å². The maximum Gasteiger partial charge on any atom is -0.0169 e. The third-order valence-corrected chi connectivity index (χ3v) is 8.75. The van der Waals surface area contributed by atoms with Gasteiger partial charge in [-0.05, 0) is 95.8 Å². The third kappa shape index (κ3) is 101. The van der Waals surface area contributed by atoms with E-state index in [4.69, 9.17) is 0 Å². The molecule has 0 fully saturated rings. The molecular weight excluding hydrogens is 685 g/mol. The lowest BCUT2D eigenvalue weighted by molar-refractivity contribution is 0.431. The van der Waals surface area contributed by atoms with Crippen LogP contribution in [0.5, 0.6) is 0 Å². The predicted octanol–water partition coefficient (Wildman–Crippen LogP) is 22.3. The molecule has 0 radical (unpaired) electrons. The van der Waals surface area contributed by atoms with Gasteiger partial charge in [0.1, 0.15) is 0 Å². The van der Waals surface area contributed by atoms with Gasteiger partial charge in [-0.25, -0.2) is 0 Å². The van der Waals surface area contributed by atoms with Crippen molar-refractivity contribution in [1.29, 1.82) is 0 Å². The summed E-state index contributed by atoms with van der Waals surface area (Å²) in [6, 6.07) is 0. The first-order chi connectivity index (χ1) is 27.8. The molecule has 0 spiro atoms. The van der Waals surface area contributed by atoms with Crippen LogP contribution in [0.1, 0.15) is 283 Å². The molecule has 0 aliphatic carbocycles. The SMILES string of the molecule is C=C.C=C(C)CCCC.CC.CC.CC.CC(C)C.CCCCC/C=C\C/C=C\CCCCCCCCC(C)CCCCCCCC/C=C\C/C=C\CCCCC. The Balaban J connectivity index is -0.000000220. The van der Waals surface area contributed by atoms with Gasteiger partial charge in [-0.3, -0.25) is 0 Å². The normalized spacial score (nSPS) is 10.5. The topological polar surface area (TPSA) is 0 Å². The number of unbranched alkanes of at least 4 members (excludes halogenated alkanes) is 19. The van der Waals surface area contributed by atoms with E-state index in [2.05, 4.69) is 124 Å². The summed E-state index contributed by atoms with van der Waals surface area (Å²) < 4.78 is 0. The van der Waals surface area contributed by atoms with Crippen molar-refractivity contribution in [3.05, 3.63) is 73.9 Å². The molecular formula is C57H116. The first-order valence-corrected chi connectivity index (χ1v) is 25.6. The summed E-state index contributed by atoms with van der Waals surface area (Å²) in [5.41, 5.74) is 1.31. The molecule has 0 aromatic heterocycles. The van der Waals surface area contributed by atoms with Crippen molar-refractivity contribution >= 4 is 0 Å². The average molecular weight is 802 g/mol.